The van der Waals surface area contributed by atoms with Crippen molar-refractivity contribution in [3.8, 4) is 5.69 Å². The van der Waals surface area contributed by atoms with E-state index in [4.69, 9.17) is 34.0 Å². The molecule has 0 fully saturated rings. The largest absolute Gasteiger partial charge is 0.476 e. The van der Waals surface area contributed by atoms with Gasteiger partial charge in [0.2, 0.25) is 0 Å². The number of sulfone groups is 1. The van der Waals surface area contributed by atoms with Crippen molar-refractivity contribution in [2.24, 2.45) is 0 Å². The molecule has 13 heteroatoms. The highest BCUT2D eigenvalue weighted by atomic mass is 35.5. The summed E-state index contributed by atoms with van der Waals surface area (Å²) in [6.07, 6.45) is -4.03. The molecule has 0 bridgehead atoms. The smallest absolute Gasteiger partial charge is 0.416 e. The lowest BCUT2D eigenvalue weighted by atomic mass is 10.2. The number of alkyl halides is 3. The SMILES string of the molecule is CS(=O)(=O)c1c(C(=O)O)nn(-c2c(Cl)cc(C(F)(F)F)cc2Cl)c1N. The molecule has 1 aromatic heterocycles. The summed E-state index contributed by atoms with van der Waals surface area (Å²) in [6.45, 7) is 0. The van der Waals surface area contributed by atoms with Crippen LogP contribution in [0.25, 0.3) is 5.69 Å². The quantitative estimate of drug-likeness (QED) is 0.792. The van der Waals surface area contributed by atoms with E-state index in [0.29, 0.717) is 23.1 Å². The van der Waals surface area contributed by atoms with Crippen molar-refractivity contribution in [1.82, 2.24) is 9.78 Å². The molecule has 7 nitrogen and oxygen atoms in total. The Morgan fingerprint density at radius 3 is 2.08 bits per heavy atom. The fourth-order valence-electron chi connectivity index (χ4n) is 2.02. The summed E-state index contributed by atoms with van der Waals surface area (Å²) in [7, 11) is -4.11. The van der Waals surface area contributed by atoms with Gasteiger partial charge in [0, 0.05) is 6.26 Å². The normalized spacial score (nSPS) is 12.4. The van der Waals surface area contributed by atoms with Gasteiger partial charge in [-0.25, -0.2) is 17.9 Å². The van der Waals surface area contributed by atoms with Crippen molar-refractivity contribution < 1.29 is 31.5 Å². The number of carbonyl (C=O) groups is 1. The Hall–Kier alpha value is -1.98. The van der Waals surface area contributed by atoms with Crippen LogP contribution in [0.5, 0.6) is 0 Å². The van der Waals surface area contributed by atoms with E-state index in [1.54, 1.807) is 0 Å². The Balaban J connectivity index is 2.83. The topological polar surface area (TPSA) is 115 Å². The lowest BCUT2D eigenvalue weighted by Crippen LogP contribution is -2.09. The first-order chi connectivity index (χ1) is 11.2. The number of nitrogens with two attached hydrogens (primary N) is 1. The Morgan fingerprint density at radius 2 is 1.76 bits per heavy atom. The number of rotatable bonds is 3. The van der Waals surface area contributed by atoms with Crippen LogP contribution in [-0.4, -0.2) is 35.5 Å². The number of carboxylic acid groups (broad SMARTS) is 1. The maximum absolute atomic E-state index is 12.8. The molecule has 136 valence electrons. The van der Waals surface area contributed by atoms with E-state index in [2.05, 4.69) is 5.10 Å². The second-order valence-electron chi connectivity index (χ2n) is 4.84. The third-order valence-electron chi connectivity index (χ3n) is 3.01. The van der Waals surface area contributed by atoms with E-state index in [1.165, 1.54) is 0 Å². The molecule has 0 amide bonds. The Kier molecular flexibility index (Phi) is 4.70. The van der Waals surface area contributed by atoms with Crippen LogP contribution in [0, 0.1) is 0 Å². The van der Waals surface area contributed by atoms with Crippen molar-refractivity contribution in [3.05, 3.63) is 33.4 Å². The third kappa shape index (κ3) is 3.53. The zero-order valence-corrected chi connectivity index (χ0v) is 14.4. The maximum atomic E-state index is 12.8. The number of halogens is 5. The summed E-state index contributed by atoms with van der Waals surface area (Å²) in [5.74, 6) is -2.35. The predicted octanol–water partition coefficient (Wildman–Crippen LogP) is 2.88. The minimum atomic E-state index is -4.73. The summed E-state index contributed by atoms with van der Waals surface area (Å²) >= 11 is 11.6. The number of aromatic carboxylic acids is 1. The number of nitrogen functional groups attached to an aromatic ring is 1. The van der Waals surface area contributed by atoms with Gasteiger partial charge in [-0.3, -0.25) is 0 Å². The maximum Gasteiger partial charge on any atom is 0.416 e. The summed E-state index contributed by atoms with van der Waals surface area (Å²) in [4.78, 5) is 10.4. The van der Waals surface area contributed by atoms with E-state index < -0.39 is 54.0 Å². The molecule has 0 radical (unpaired) electrons. The van der Waals surface area contributed by atoms with Crippen LogP contribution in [0.4, 0.5) is 19.0 Å². The van der Waals surface area contributed by atoms with Crippen molar-refractivity contribution in [2.45, 2.75) is 11.1 Å². The standard InChI is InChI=1S/C12H8Cl2F3N3O4S/c1-25(23,24)9-7(11(21)22)19-20(10(9)18)8-5(13)2-4(3-6(8)14)12(15,16)17/h2-3H,18H2,1H3,(H,21,22). The number of anilines is 1. The van der Waals surface area contributed by atoms with E-state index in [9.17, 15) is 26.4 Å². The van der Waals surface area contributed by atoms with Crippen molar-refractivity contribution in [1.29, 1.82) is 0 Å². The number of hydrogen-bond acceptors (Lipinski definition) is 5. The highest BCUT2D eigenvalue weighted by Gasteiger charge is 2.34. The molecular formula is C12H8Cl2F3N3O4S. The Morgan fingerprint density at radius 1 is 1.28 bits per heavy atom. The third-order valence-corrected chi connectivity index (χ3v) is 4.73. The molecule has 0 saturated carbocycles. The minimum absolute atomic E-state index is 0.383. The van der Waals surface area contributed by atoms with E-state index in [-0.39, 0.29) is 5.69 Å². The fourth-order valence-corrected chi connectivity index (χ4v) is 3.62. The first-order valence-corrected chi connectivity index (χ1v) is 8.78. The molecule has 25 heavy (non-hydrogen) atoms. The number of benzene rings is 1. The summed E-state index contributed by atoms with van der Waals surface area (Å²) in [5.41, 5.74) is 3.19. The zero-order valence-electron chi connectivity index (χ0n) is 12.1. The van der Waals surface area contributed by atoms with E-state index in [1.807, 2.05) is 0 Å². The second kappa shape index (κ2) is 6.07. The molecule has 1 aromatic carbocycles. The average molecular weight is 418 g/mol. The van der Waals surface area contributed by atoms with Crippen LogP contribution < -0.4 is 5.73 Å². The van der Waals surface area contributed by atoms with Crippen LogP contribution in [-0.2, 0) is 16.0 Å². The van der Waals surface area contributed by atoms with Crippen LogP contribution in [0.1, 0.15) is 16.1 Å². The molecule has 2 aromatic rings. The molecule has 0 spiro atoms. The van der Waals surface area contributed by atoms with Gasteiger partial charge >= 0.3 is 12.1 Å². The number of carboxylic acids is 1. The molecule has 0 unspecified atom stereocenters. The first kappa shape index (κ1) is 19.3. The summed E-state index contributed by atoms with van der Waals surface area (Å²) < 4.78 is 62.4. The summed E-state index contributed by atoms with van der Waals surface area (Å²) in [6, 6.07) is 1.06. The van der Waals surface area contributed by atoms with Crippen LogP contribution in [0.3, 0.4) is 0 Å². The Labute approximate surface area is 148 Å². The van der Waals surface area contributed by atoms with Crippen molar-refractivity contribution in [3.63, 3.8) is 0 Å². The Bertz CT molecular complexity index is 963. The molecular weight excluding hydrogens is 410 g/mol. The second-order valence-corrected chi connectivity index (χ2v) is 7.61. The van der Waals surface area contributed by atoms with Gasteiger partial charge in [-0.05, 0) is 12.1 Å². The molecule has 3 N–H and O–H groups in total. The monoisotopic (exact) mass is 417 g/mol. The van der Waals surface area contributed by atoms with Gasteiger partial charge in [0.15, 0.2) is 15.5 Å². The fraction of sp³-hybridized carbons (Fsp3) is 0.167. The molecule has 0 aliphatic rings. The van der Waals surface area contributed by atoms with Crippen LogP contribution in [0.15, 0.2) is 17.0 Å². The highest BCUT2D eigenvalue weighted by Crippen LogP contribution is 2.39. The lowest BCUT2D eigenvalue weighted by Gasteiger charge is -2.13. The van der Waals surface area contributed by atoms with Gasteiger partial charge < -0.3 is 10.8 Å². The van der Waals surface area contributed by atoms with Gasteiger partial charge in [0.1, 0.15) is 16.4 Å². The van der Waals surface area contributed by atoms with Gasteiger partial charge in [0.25, 0.3) is 0 Å². The van der Waals surface area contributed by atoms with Crippen molar-refractivity contribution >= 4 is 44.8 Å². The van der Waals surface area contributed by atoms with Crippen LogP contribution >= 0.6 is 23.2 Å². The molecule has 0 atom stereocenters. The highest BCUT2D eigenvalue weighted by molar-refractivity contribution is 7.91. The van der Waals surface area contributed by atoms with E-state index in [0.717, 1.165) is 0 Å². The molecule has 0 saturated heterocycles. The average Bonchev–Trinajstić information content (AvgIpc) is 2.75. The molecule has 2 rings (SSSR count). The van der Waals surface area contributed by atoms with Gasteiger partial charge in [-0.2, -0.15) is 18.3 Å². The van der Waals surface area contributed by atoms with Crippen LogP contribution in [0.2, 0.25) is 10.0 Å². The lowest BCUT2D eigenvalue weighted by molar-refractivity contribution is -0.137. The molecule has 0 aliphatic carbocycles. The first-order valence-electron chi connectivity index (χ1n) is 6.13. The minimum Gasteiger partial charge on any atom is -0.476 e. The molecule has 1 heterocycles. The van der Waals surface area contributed by atoms with Gasteiger partial charge in [0.05, 0.1) is 15.6 Å². The predicted molar refractivity (Wildman–Crippen MR) is 83.1 cm³/mol. The molecule has 0 aliphatic heterocycles. The number of aromatic nitrogens is 2. The van der Waals surface area contributed by atoms with Gasteiger partial charge in [-0.1, -0.05) is 23.2 Å². The van der Waals surface area contributed by atoms with Gasteiger partial charge in [-0.15, -0.1) is 0 Å². The van der Waals surface area contributed by atoms with E-state index >= 15 is 0 Å². The van der Waals surface area contributed by atoms with Crippen molar-refractivity contribution in [2.75, 3.05) is 12.0 Å². The summed E-state index contributed by atoms with van der Waals surface area (Å²) in [5, 5.41) is 11.5. The number of hydrogen-bond donors (Lipinski definition) is 2. The number of nitrogens with zero attached hydrogens (tertiary/aromatic N) is 2. The zero-order chi connectivity index (χ0) is 19.3.